The first kappa shape index (κ1) is 19.0. The molecule has 4 rings (SSSR count). The van der Waals surface area contributed by atoms with E-state index >= 15 is 0 Å². The summed E-state index contributed by atoms with van der Waals surface area (Å²) in [7, 11) is 0. The smallest absolute Gasteiger partial charge is 0.225 e. The van der Waals surface area contributed by atoms with E-state index in [1.807, 2.05) is 25.3 Å². The van der Waals surface area contributed by atoms with E-state index in [4.69, 9.17) is 4.98 Å². The summed E-state index contributed by atoms with van der Waals surface area (Å²) >= 11 is 3.32. The van der Waals surface area contributed by atoms with Gasteiger partial charge in [0.1, 0.15) is 0 Å². The third-order valence-corrected chi connectivity index (χ3v) is 6.66. The van der Waals surface area contributed by atoms with Crippen molar-refractivity contribution in [3.05, 3.63) is 45.4 Å². The fourth-order valence-electron chi connectivity index (χ4n) is 3.45. The van der Waals surface area contributed by atoms with Crippen molar-refractivity contribution in [2.45, 2.75) is 39.2 Å². The standard InChI is InChI=1S/C20H23N5OS2/c1-13-19(28-14(2)22-13)17-5-8-21-20(24-17)25-9-6-16(11-25)23-18(26)4-3-15-7-10-27-12-15/h5,7-8,10,12,16H,3-4,6,9,11H2,1-2H3,(H,23,26). The SMILES string of the molecule is Cc1nc(C)c(-c2ccnc(N3CCC(NC(=O)CCc4ccsc4)C3)n2)s1. The van der Waals surface area contributed by atoms with Gasteiger partial charge in [-0.25, -0.2) is 15.0 Å². The Hall–Kier alpha value is -2.32. The number of thiazole rings is 1. The van der Waals surface area contributed by atoms with E-state index in [0.29, 0.717) is 6.42 Å². The highest BCUT2D eigenvalue weighted by atomic mass is 32.1. The molecule has 0 bridgehead atoms. The third kappa shape index (κ3) is 4.39. The molecule has 146 valence electrons. The van der Waals surface area contributed by atoms with Gasteiger partial charge in [0, 0.05) is 31.7 Å². The van der Waals surface area contributed by atoms with Gasteiger partial charge in [-0.05, 0) is 55.1 Å². The van der Waals surface area contributed by atoms with Crippen LogP contribution in [0.25, 0.3) is 10.6 Å². The first-order valence-electron chi connectivity index (χ1n) is 9.41. The van der Waals surface area contributed by atoms with Crippen molar-refractivity contribution in [1.29, 1.82) is 0 Å². The molecule has 1 amide bonds. The van der Waals surface area contributed by atoms with Crippen LogP contribution in [0.4, 0.5) is 5.95 Å². The Morgan fingerprint density at radius 2 is 2.21 bits per heavy atom. The molecule has 1 unspecified atom stereocenters. The van der Waals surface area contributed by atoms with E-state index in [1.54, 1.807) is 28.9 Å². The Labute approximate surface area is 172 Å². The first-order chi connectivity index (χ1) is 13.6. The normalized spacial score (nSPS) is 16.5. The molecule has 3 aromatic rings. The van der Waals surface area contributed by atoms with Crippen molar-refractivity contribution in [3.63, 3.8) is 0 Å². The van der Waals surface area contributed by atoms with Crippen LogP contribution >= 0.6 is 22.7 Å². The van der Waals surface area contributed by atoms with Gasteiger partial charge in [-0.15, -0.1) is 11.3 Å². The highest BCUT2D eigenvalue weighted by Gasteiger charge is 2.26. The van der Waals surface area contributed by atoms with E-state index in [-0.39, 0.29) is 11.9 Å². The van der Waals surface area contributed by atoms with Gasteiger partial charge < -0.3 is 10.2 Å². The molecule has 0 spiro atoms. The number of hydrogen-bond acceptors (Lipinski definition) is 7. The highest BCUT2D eigenvalue weighted by Crippen LogP contribution is 2.29. The molecular formula is C20H23N5OS2. The zero-order valence-corrected chi connectivity index (χ0v) is 17.6. The van der Waals surface area contributed by atoms with E-state index in [2.05, 4.69) is 31.6 Å². The Bertz CT molecular complexity index is 953. The molecule has 0 radical (unpaired) electrons. The molecule has 28 heavy (non-hydrogen) atoms. The molecule has 0 saturated carbocycles. The molecule has 1 fully saturated rings. The lowest BCUT2D eigenvalue weighted by atomic mass is 10.2. The Morgan fingerprint density at radius 3 is 2.96 bits per heavy atom. The second-order valence-electron chi connectivity index (χ2n) is 7.02. The number of carbonyl (C=O) groups excluding carboxylic acids is 1. The summed E-state index contributed by atoms with van der Waals surface area (Å²) in [5.41, 5.74) is 3.15. The molecule has 4 heterocycles. The van der Waals surface area contributed by atoms with Crippen molar-refractivity contribution >= 4 is 34.5 Å². The molecule has 1 aliphatic rings. The lowest BCUT2D eigenvalue weighted by molar-refractivity contribution is -0.121. The van der Waals surface area contributed by atoms with Crippen LogP contribution in [0.5, 0.6) is 0 Å². The van der Waals surface area contributed by atoms with Crippen LogP contribution in [-0.2, 0) is 11.2 Å². The zero-order chi connectivity index (χ0) is 19.5. The fraction of sp³-hybridized carbons (Fsp3) is 0.400. The number of nitrogens with zero attached hydrogens (tertiary/aromatic N) is 4. The summed E-state index contributed by atoms with van der Waals surface area (Å²) in [6, 6.07) is 4.16. The molecule has 8 heteroatoms. The average Bonchev–Trinajstić information content (AvgIpc) is 3.42. The average molecular weight is 414 g/mol. The maximum absolute atomic E-state index is 12.3. The third-order valence-electron chi connectivity index (χ3n) is 4.84. The Balaban J connectivity index is 1.35. The number of anilines is 1. The topological polar surface area (TPSA) is 71.0 Å². The molecule has 3 aromatic heterocycles. The fourth-order valence-corrected chi connectivity index (χ4v) is 5.04. The quantitative estimate of drug-likeness (QED) is 0.668. The minimum atomic E-state index is 0.114. The summed E-state index contributed by atoms with van der Waals surface area (Å²) in [4.78, 5) is 29.2. The molecule has 1 saturated heterocycles. The molecule has 0 aromatic carbocycles. The number of hydrogen-bond donors (Lipinski definition) is 1. The predicted molar refractivity (Wildman–Crippen MR) is 114 cm³/mol. The van der Waals surface area contributed by atoms with E-state index < -0.39 is 0 Å². The number of aryl methyl sites for hydroxylation is 3. The second-order valence-corrected chi connectivity index (χ2v) is 9.00. The molecule has 0 aliphatic carbocycles. The van der Waals surface area contributed by atoms with Gasteiger partial charge >= 0.3 is 0 Å². The van der Waals surface area contributed by atoms with E-state index in [9.17, 15) is 4.79 Å². The van der Waals surface area contributed by atoms with Crippen molar-refractivity contribution in [2.24, 2.45) is 0 Å². The first-order valence-corrected chi connectivity index (χ1v) is 11.2. The van der Waals surface area contributed by atoms with Crippen molar-refractivity contribution in [2.75, 3.05) is 18.0 Å². The lowest BCUT2D eigenvalue weighted by Crippen LogP contribution is -2.37. The van der Waals surface area contributed by atoms with Gasteiger partial charge in [0.2, 0.25) is 11.9 Å². The minimum Gasteiger partial charge on any atom is -0.352 e. The highest BCUT2D eigenvalue weighted by molar-refractivity contribution is 7.15. The van der Waals surface area contributed by atoms with Crippen LogP contribution in [0, 0.1) is 13.8 Å². The van der Waals surface area contributed by atoms with Crippen LogP contribution in [0.1, 0.15) is 29.1 Å². The Morgan fingerprint density at radius 1 is 1.32 bits per heavy atom. The summed E-state index contributed by atoms with van der Waals surface area (Å²) in [5.74, 6) is 0.835. The summed E-state index contributed by atoms with van der Waals surface area (Å²) < 4.78 is 0. The molecule has 6 nitrogen and oxygen atoms in total. The maximum atomic E-state index is 12.3. The zero-order valence-electron chi connectivity index (χ0n) is 16.0. The predicted octanol–water partition coefficient (Wildman–Crippen LogP) is 3.61. The number of aromatic nitrogens is 3. The molecule has 1 aliphatic heterocycles. The summed E-state index contributed by atoms with van der Waals surface area (Å²) in [5, 5.41) is 8.35. The van der Waals surface area contributed by atoms with Crippen LogP contribution in [0.15, 0.2) is 29.1 Å². The second kappa shape index (κ2) is 8.36. The van der Waals surface area contributed by atoms with Gasteiger partial charge in [0.25, 0.3) is 0 Å². The molecule has 1 N–H and O–H groups in total. The van der Waals surface area contributed by atoms with Crippen molar-refractivity contribution in [3.8, 4) is 10.6 Å². The maximum Gasteiger partial charge on any atom is 0.225 e. The van der Waals surface area contributed by atoms with Crippen LogP contribution < -0.4 is 10.2 Å². The largest absolute Gasteiger partial charge is 0.352 e. The van der Waals surface area contributed by atoms with Gasteiger partial charge in [-0.2, -0.15) is 11.3 Å². The van der Waals surface area contributed by atoms with Crippen molar-refractivity contribution < 1.29 is 4.79 Å². The van der Waals surface area contributed by atoms with Gasteiger partial charge in [-0.1, -0.05) is 0 Å². The number of rotatable bonds is 6. The van der Waals surface area contributed by atoms with Crippen LogP contribution in [0.2, 0.25) is 0 Å². The van der Waals surface area contributed by atoms with Crippen LogP contribution in [-0.4, -0.2) is 40.0 Å². The molecular weight excluding hydrogens is 390 g/mol. The number of amides is 1. The van der Waals surface area contributed by atoms with Gasteiger partial charge in [0.05, 0.1) is 21.3 Å². The van der Waals surface area contributed by atoms with E-state index in [0.717, 1.165) is 53.2 Å². The van der Waals surface area contributed by atoms with Gasteiger partial charge in [0.15, 0.2) is 0 Å². The number of thiophene rings is 1. The van der Waals surface area contributed by atoms with E-state index in [1.165, 1.54) is 5.56 Å². The lowest BCUT2D eigenvalue weighted by Gasteiger charge is -2.17. The van der Waals surface area contributed by atoms with Gasteiger partial charge in [-0.3, -0.25) is 4.79 Å². The monoisotopic (exact) mass is 413 g/mol. The number of nitrogens with one attached hydrogen (secondary N) is 1. The van der Waals surface area contributed by atoms with Crippen LogP contribution in [0.3, 0.4) is 0 Å². The Kier molecular flexibility index (Phi) is 5.68. The summed E-state index contributed by atoms with van der Waals surface area (Å²) in [6.45, 7) is 5.61. The summed E-state index contributed by atoms with van der Waals surface area (Å²) in [6.07, 6.45) is 4.04. The van der Waals surface area contributed by atoms with Crippen molar-refractivity contribution in [1.82, 2.24) is 20.3 Å². The number of carbonyl (C=O) groups is 1. The molecule has 1 atom stereocenters. The minimum absolute atomic E-state index is 0.114.